The fourth-order valence-electron chi connectivity index (χ4n) is 3.24. The molecule has 1 atom stereocenters. The summed E-state index contributed by atoms with van der Waals surface area (Å²) < 4.78 is 18.6. The average molecular weight is 375 g/mol. The minimum atomic E-state index is -0.391. The van der Waals surface area contributed by atoms with Crippen LogP contribution >= 0.6 is 0 Å². The van der Waals surface area contributed by atoms with Crippen molar-refractivity contribution < 1.29 is 18.7 Å². The van der Waals surface area contributed by atoms with Crippen molar-refractivity contribution in [3.8, 4) is 0 Å². The van der Waals surface area contributed by atoms with E-state index < -0.39 is 5.97 Å². The van der Waals surface area contributed by atoms with Gasteiger partial charge in [0.25, 0.3) is 5.91 Å². The lowest BCUT2D eigenvalue weighted by atomic mass is 9.92. The summed E-state index contributed by atoms with van der Waals surface area (Å²) in [6.07, 6.45) is 0.123. The minimum Gasteiger partial charge on any atom is -0.454 e. The second-order valence-electron chi connectivity index (χ2n) is 6.84. The Kier molecular flexibility index (Phi) is 4.65. The predicted octanol–water partition coefficient (Wildman–Crippen LogP) is 4.84. The molecule has 3 aromatic carbocycles. The number of fused-ring (bicyclic) bond motifs is 1. The van der Waals surface area contributed by atoms with E-state index in [0.29, 0.717) is 23.2 Å². The molecule has 0 spiro atoms. The maximum atomic E-state index is 13.0. The average Bonchev–Trinajstić information content (AvgIpc) is 2.69. The standard InChI is InChI=1S/C23H18FNO3/c1-14-2-4-15(5-3-14)21-13-17-12-16(6-11-20(17)23(27)28-21)22(26)25-19-9-7-18(24)8-10-19/h2-12,21H,13H2,1H3,(H,25,26)/t21-/m0/s1. The largest absolute Gasteiger partial charge is 0.454 e. The van der Waals surface area contributed by atoms with Gasteiger partial charge in [-0.25, -0.2) is 9.18 Å². The molecule has 1 amide bonds. The Balaban J connectivity index is 1.57. The van der Waals surface area contributed by atoms with Crippen molar-refractivity contribution in [3.05, 3.63) is 100 Å². The number of cyclic esters (lactones) is 1. The fraction of sp³-hybridized carbons (Fsp3) is 0.130. The first-order chi connectivity index (χ1) is 13.5. The smallest absolute Gasteiger partial charge is 0.339 e. The van der Waals surface area contributed by atoms with Crippen LogP contribution in [0.4, 0.5) is 10.1 Å². The van der Waals surface area contributed by atoms with E-state index in [-0.39, 0.29) is 17.8 Å². The zero-order valence-electron chi connectivity index (χ0n) is 15.2. The van der Waals surface area contributed by atoms with Crippen LogP contribution < -0.4 is 5.32 Å². The summed E-state index contributed by atoms with van der Waals surface area (Å²) in [7, 11) is 0. The Morgan fingerprint density at radius 2 is 1.75 bits per heavy atom. The lowest BCUT2D eigenvalue weighted by molar-refractivity contribution is 0.0252. The second-order valence-corrected chi connectivity index (χ2v) is 6.84. The molecule has 4 rings (SSSR count). The number of carbonyl (C=O) groups is 2. The Morgan fingerprint density at radius 3 is 2.46 bits per heavy atom. The molecule has 0 unspecified atom stereocenters. The molecule has 0 saturated heterocycles. The molecule has 0 fully saturated rings. The molecule has 0 radical (unpaired) electrons. The number of amides is 1. The summed E-state index contributed by atoms with van der Waals surface area (Å²) in [6.45, 7) is 2.00. The number of rotatable bonds is 3. The monoisotopic (exact) mass is 375 g/mol. The molecule has 28 heavy (non-hydrogen) atoms. The van der Waals surface area contributed by atoms with Crippen molar-refractivity contribution in [2.24, 2.45) is 0 Å². The second kappa shape index (κ2) is 7.27. The summed E-state index contributed by atoms with van der Waals surface area (Å²) in [5, 5.41) is 2.73. The molecule has 0 bridgehead atoms. The van der Waals surface area contributed by atoms with Gasteiger partial charge in [-0.2, -0.15) is 0 Å². The van der Waals surface area contributed by atoms with Gasteiger partial charge in [-0.3, -0.25) is 4.79 Å². The van der Waals surface area contributed by atoms with Gasteiger partial charge in [-0.1, -0.05) is 29.8 Å². The summed E-state index contributed by atoms with van der Waals surface area (Å²) in [5.41, 5.74) is 4.23. The van der Waals surface area contributed by atoms with Crippen molar-refractivity contribution in [1.82, 2.24) is 0 Å². The molecule has 140 valence electrons. The van der Waals surface area contributed by atoms with Gasteiger partial charge in [0.05, 0.1) is 5.56 Å². The van der Waals surface area contributed by atoms with Gasteiger partial charge < -0.3 is 10.1 Å². The molecular formula is C23H18FNO3. The Labute approximate surface area is 162 Å². The number of anilines is 1. The number of esters is 1. The molecule has 0 aromatic heterocycles. The highest BCUT2D eigenvalue weighted by Crippen LogP contribution is 2.31. The number of nitrogens with one attached hydrogen (secondary N) is 1. The van der Waals surface area contributed by atoms with Crippen molar-refractivity contribution in [3.63, 3.8) is 0 Å². The fourth-order valence-corrected chi connectivity index (χ4v) is 3.24. The highest BCUT2D eigenvalue weighted by Gasteiger charge is 2.28. The minimum absolute atomic E-state index is 0.319. The van der Waals surface area contributed by atoms with Crippen molar-refractivity contribution in [2.45, 2.75) is 19.4 Å². The van der Waals surface area contributed by atoms with E-state index in [1.54, 1.807) is 18.2 Å². The van der Waals surface area contributed by atoms with E-state index in [1.807, 2.05) is 31.2 Å². The molecule has 5 heteroatoms. The van der Waals surface area contributed by atoms with E-state index in [2.05, 4.69) is 5.32 Å². The van der Waals surface area contributed by atoms with Crippen LogP contribution in [0, 0.1) is 12.7 Å². The van der Waals surface area contributed by atoms with Crippen molar-refractivity contribution in [1.29, 1.82) is 0 Å². The first-order valence-corrected chi connectivity index (χ1v) is 8.97. The summed E-state index contributed by atoms with van der Waals surface area (Å²) >= 11 is 0. The van der Waals surface area contributed by atoms with Crippen LogP contribution in [-0.4, -0.2) is 11.9 Å². The van der Waals surface area contributed by atoms with Crippen LogP contribution in [0.1, 0.15) is 43.5 Å². The van der Waals surface area contributed by atoms with E-state index in [4.69, 9.17) is 4.74 Å². The molecule has 0 aliphatic carbocycles. The van der Waals surface area contributed by atoms with Gasteiger partial charge in [0, 0.05) is 17.7 Å². The van der Waals surface area contributed by atoms with Gasteiger partial charge in [0.2, 0.25) is 0 Å². The van der Waals surface area contributed by atoms with E-state index >= 15 is 0 Å². The molecule has 3 aromatic rings. The lowest BCUT2D eigenvalue weighted by Gasteiger charge is -2.25. The van der Waals surface area contributed by atoms with Crippen LogP contribution in [0.25, 0.3) is 0 Å². The number of aryl methyl sites for hydroxylation is 1. The number of hydrogen-bond acceptors (Lipinski definition) is 3. The third-order valence-corrected chi connectivity index (χ3v) is 4.79. The van der Waals surface area contributed by atoms with Crippen molar-refractivity contribution >= 4 is 17.6 Å². The van der Waals surface area contributed by atoms with Gasteiger partial charge in [0.1, 0.15) is 11.9 Å². The van der Waals surface area contributed by atoms with Crippen LogP contribution in [-0.2, 0) is 11.2 Å². The third kappa shape index (κ3) is 3.64. The Hall–Kier alpha value is -3.47. The molecule has 1 aliphatic heterocycles. The summed E-state index contributed by atoms with van der Waals surface area (Å²) in [5.74, 6) is -1.08. The maximum Gasteiger partial charge on any atom is 0.339 e. The quantitative estimate of drug-likeness (QED) is 0.667. The third-order valence-electron chi connectivity index (χ3n) is 4.79. The molecular weight excluding hydrogens is 357 g/mol. The van der Waals surface area contributed by atoms with Crippen LogP contribution in [0.5, 0.6) is 0 Å². The van der Waals surface area contributed by atoms with Gasteiger partial charge in [0.15, 0.2) is 0 Å². The van der Waals surface area contributed by atoms with Crippen LogP contribution in [0.3, 0.4) is 0 Å². The molecule has 1 N–H and O–H groups in total. The Morgan fingerprint density at radius 1 is 1.04 bits per heavy atom. The highest BCUT2D eigenvalue weighted by molar-refractivity contribution is 6.05. The summed E-state index contributed by atoms with van der Waals surface area (Å²) in [4.78, 5) is 24.9. The number of hydrogen-bond donors (Lipinski definition) is 1. The molecule has 0 saturated carbocycles. The Bertz CT molecular complexity index is 1040. The number of carbonyl (C=O) groups excluding carboxylic acids is 2. The normalized spacial score (nSPS) is 15.5. The number of ether oxygens (including phenoxy) is 1. The maximum absolute atomic E-state index is 13.0. The molecule has 1 heterocycles. The van der Waals surface area contributed by atoms with Crippen molar-refractivity contribution in [2.75, 3.05) is 5.32 Å². The predicted molar refractivity (Wildman–Crippen MR) is 104 cm³/mol. The number of benzene rings is 3. The van der Waals surface area contributed by atoms with Gasteiger partial charge in [-0.15, -0.1) is 0 Å². The number of halogens is 1. The van der Waals surface area contributed by atoms with Crippen LogP contribution in [0.2, 0.25) is 0 Å². The van der Waals surface area contributed by atoms with E-state index in [1.165, 1.54) is 24.3 Å². The SMILES string of the molecule is Cc1ccc([C@@H]2Cc3cc(C(=O)Nc4ccc(F)cc4)ccc3C(=O)O2)cc1. The molecule has 4 nitrogen and oxygen atoms in total. The topological polar surface area (TPSA) is 55.4 Å². The first kappa shape index (κ1) is 17.9. The van der Waals surface area contributed by atoms with E-state index in [0.717, 1.165) is 16.7 Å². The molecule has 1 aliphatic rings. The summed E-state index contributed by atoms with van der Waals surface area (Å²) in [6, 6.07) is 18.3. The van der Waals surface area contributed by atoms with E-state index in [9.17, 15) is 14.0 Å². The van der Waals surface area contributed by atoms with Crippen LogP contribution in [0.15, 0.2) is 66.7 Å². The first-order valence-electron chi connectivity index (χ1n) is 8.97. The zero-order chi connectivity index (χ0) is 19.7. The van der Waals surface area contributed by atoms with Gasteiger partial charge >= 0.3 is 5.97 Å². The highest BCUT2D eigenvalue weighted by atomic mass is 19.1. The zero-order valence-corrected chi connectivity index (χ0v) is 15.2. The van der Waals surface area contributed by atoms with Gasteiger partial charge in [-0.05, 0) is 60.5 Å². The lowest BCUT2D eigenvalue weighted by Crippen LogP contribution is -2.23.